The van der Waals surface area contributed by atoms with E-state index in [0.29, 0.717) is 18.7 Å². The number of hydrogen-bond acceptors (Lipinski definition) is 4. The fourth-order valence-electron chi connectivity index (χ4n) is 3.47. The predicted molar refractivity (Wildman–Crippen MR) is 105 cm³/mol. The molecule has 0 saturated carbocycles. The Morgan fingerprint density at radius 1 is 1.12 bits per heavy atom. The number of fused-ring (bicyclic) bond motifs is 2. The Morgan fingerprint density at radius 2 is 1.96 bits per heavy atom. The monoisotopic (exact) mass is 413 g/mol. The zero-order valence-electron chi connectivity index (χ0n) is 13.8. The van der Waals surface area contributed by atoms with Crippen molar-refractivity contribution in [2.45, 2.75) is 0 Å². The Bertz CT molecular complexity index is 1170. The summed E-state index contributed by atoms with van der Waals surface area (Å²) in [6.45, 7) is 2.88. The van der Waals surface area contributed by atoms with Crippen molar-refractivity contribution < 1.29 is 4.74 Å². The van der Waals surface area contributed by atoms with Crippen LogP contribution in [-0.2, 0) is 4.74 Å². The Balaban J connectivity index is 1.71. The van der Waals surface area contributed by atoms with Crippen molar-refractivity contribution in [1.82, 2.24) is 20.2 Å². The summed E-state index contributed by atoms with van der Waals surface area (Å²) in [5, 5.41) is 8.07. The van der Waals surface area contributed by atoms with Crippen LogP contribution in [0.3, 0.4) is 0 Å². The molecule has 0 spiro atoms. The molecule has 0 bridgehead atoms. The molecular formula is C18H16BrN5O2. The maximum atomic E-state index is 12.6. The maximum Gasteiger partial charge on any atom is 0.207 e. The minimum absolute atomic E-state index is 0.0213. The highest BCUT2D eigenvalue weighted by Crippen LogP contribution is 2.35. The Kier molecular flexibility index (Phi) is 3.61. The number of rotatable bonds is 2. The number of benzene rings is 1. The summed E-state index contributed by atoms with van der Waals surface area (Å²) >= 11 is 3.64. The number of aromatic amines is 3. The van der Waals surface area contributed by atoms with Gasteiger partial charge in [0, 0.05) is 46.3 Å². The maximum absolute atomic E-state index is 12.6. The predicted octanol–water partition coefficient (Wildman–Crippen LogP) is 3.00. The van der Waals surface area contributed by atoms with Crippen molar-refractivity contribution in [3.05, 3.63) is 45.3 Å². The third kappa shape index (κ3) is 2.45. The molecule has 1 aliphatic heterocycles. The summed E-state index contributed by atoms with van der Waals surface area (Å²) in [6.07, 6.45) is 3.67. The highest BCUT2D eigenvalue weighted by atomic mass is 79.9. The largest absolute Gasteiger partial charge is 0.378 e. The van der Waals surface area contributed by atoms with Gasteiger partial charge in [0.1, 0.15) is 11.3 Å². The molecule has 4 heterocycles. The van der Waals surface area contributed by atoms with Crippen LogP contribution in [0, 0.1) is 0 Å². The summed E-state index contributed by atoms with van der Waals surface area (Å²) in [6, 6.07) is 5.72. The first-order valence-electron chi connectivity index (χ1n) is 8.41. The fraction of sp³-hybridized carbons (Fsp3) is 0.222. The molecule has 132 valence electrons. The van der Waals surface area contributed by atoms with Crippen LogP contribution in [0.2, 0.25) is 0 Å². The van der Waals surface area contributed by atoms with Gasteiger partial charge < -0.3 is 19.6 Å². The van der Waals surface area contributed by atoms with Gasteiger partial charge in [-0.2, -0.15) is 5.10 Å². The molecule has 0 aliphatic carbocycles. The van der Waals surface area contributed by atoms with Crippen molar-refractivity contribution in [2.24, 2.45) is 0 Å². The lowest BCUT2D eigenvalue weighted by Gasteiger charge is -2.28. The van der Waals surface area contributed by atoms with Gasteiger partial charge in [0.2, 0.25) is 5.43 Å². The Morgan fingerprint density at radius 3 is 2.81 bits per heavy atom. The number of H-pyrrole nitrogens is 3. The molecule has 1 aliphatic rings. The molecule has 0 radical (unpaired) electrons. The molecule has 0 unspecified atom stereocenters. The number of morpholine rings is 1. The van der Waals surface area contributed by atoms with Crippen molar-refractivity contribution >= 4 is 43.7 Å². The van der Waals surface area contributed by atoms with E-state index < -0.39 is 0 Å². The van der Waals surface area contributed by atoms with Crippen LogP contribution in [0.25, 0.3) is 33.1 Å². The number of aromatic nitrogens is 4. The van der Waals surface area contributed by atoms with Gasteiger partial charge in [-0.05, 0) is 12.1 Å². The first-order valence-corrected chi connectivity index (χ1v) is 9.20. The second-order valence-corrected chi connectivity index (χ2v) is 7.21. The van der Waals surface area contributed by atoms with Gasteiger partial charge in [0.05, 0.1) is 30.4 Å². The Labute approximate surface area is 156 Å². The van der Waals surface area contributed by atoms with E-state index in [1.165, 1.54) is 0 Å². The standard InChI is InChI=1S/C18H16BrN5O2/c19-13-6-14-10(8-21-23-14)5-11(13)12-9-20-18-15(25)7-16(22-17(12)18)24-1-3-26-4-2-24/h5-9,20H,1-4H2,(H,21,23)(H,22,25). The molecule has 3 aromatic heterocycles. The lowest BCUT2D eigenvalue weighted by molar-refractivity contribution is 0.122. The summed E-state index contributed by atoms with van der Waals surface area (Å²) in [5.41, 5.74) is 4.27. The van der Waals surface area contributed by atoms with Crippen LogP contribution < -0.4 is 10.3 Å². The fourth-order valence-corrected chi connectivity index (χ4v) is 4.02. The van der Waals surface area contributed by atoms with Crippen molar-refractivity contribution in [1.29, 1.82) is 0 Å². The Hall–Kier alpha value is -2.58. The number of nitrogens with one attached hydrogen (secondary N) is 3. The second-order valence-electron chi connectivity index (χ2n) is 6.36. The van der Waals surface area contributed by atoms with Crippen LogP contribution in [0.4, 0.5) is 5.82 Å². The second kappa shape index (κ2) is 6.00. The average Bonchev–Trinajstić information content (AvgIpc) is 3.28. The number of pyridine rings is 1. The van der Waals surface area contributed by atoms with Gasteiger partial charge in [0.15, 0.2) is 0 Å². The van der Waals surface area contributed by atoms with E-state index in [-0.39, 0.29) is 5.43 Å². The van der Waals surface area contributed by atoms with Crippen LogP contribution >= 0.6 is 15.9 Å². The van der Waals surface area contributed by atoms with Crippen LogP contribution in [0.5, 0.6) is 0 Å². The summed E-state index contributed by atoms with van der Waals surface area (Å²) in [7, 11) is 0. The third-order valence-corrected chi connectivity index (χ3v) is 5.47. The lowest BCUT2D eigenvalue weighted by Crippen LogP contribution is -2.37. The molecule has 7 nitrogen and oxygen atoms in total. The number of hydrogen-bond donors (Lipinski definition) is 3. The molecule has 5 rings (SSSR count). The third-order valence-electron chi connectivity index (χ3n) is 4.82. The minimum atomic E-state index is -0.0213. The van der Waals surface area contributed by atoms with Gasteiger partial charge in [-0.3, -0.25) is 9.89 Å². The number of ether oxygens (including phenoxy) is 1. The smallest absolute Gasteiger partial charge is 0.207 e. The quantitative estimate of drug-likeness (QED) is 0.471. The molecule has 1 aromatic carbocycles. The van der Waals surface area contributed by atoms with Gasteiger partial charge in [0.25, 0.3) is 0 Å². The van der Waals surface area contributed by atoms with E-state index in [2.05, 4.69) is 47.1 Å². The highest BCUT2D eigenvalue weighted by Gasteiger charge is 2.17. The molecule has 3 N–H and O–H groups in total. The summed E-state index contributed by atoms with van der Waals surface area (Å²) < 4.78 is 6.35. The minimum Gasteiger partial charge on any atom is -0.378 e. The molecule has 1 fully saturated rings. The number of anilines is 1. The molecule has 26 heavy (non-hydrogen) atoms. The van der Waals surface area contributed by atoms with E-state index in [0.717, 1.165) is 50.9 Å². The zero-order valence-corrected chi connectivity index (χ0v) is 15.4. The lowest BCUT2D eigenvalue weighted by atomic mass is 10.1. The molecule has 8 heteroatoms. The van der Waals surface area contributed by atoms with Crippen molar-refractivity contribution in [3.63, 3.8) is 0 Å². The van der Waals surface area contributed by atoms with Gasteiger partial charge in [-0.15, -0.1) is 0 Å². The first kappa shape index (κ1) is 15.7. The van der Waals surface area contributed by atoms with Gasteiger partial charge in [-0.1, -0.05) is 15.9 Å². The first-order chi connectivity index (χ1) is 12.7. The van der Waals surface area contributed by atoms with E-state index >= 15 is 0 Å². The topological polar surface area (TPSA) is 89.8 Å². The van der Waals surface area contributed by atoms with E-state index in [9.17, 15) is 4.79 Å². The van der Waals surface area contributed by atoms with Gasteiger partial charge in [-0.25, -0.2) is 0 Å². The van der Waals surface area contributed by atoms with Crippen LogP contribution in [0.1, 0.15) is 0 Å². The van der Waals surface area contributed by atoms with E-state index in [1.54, 1.807) is 12.3 Å². The zero-order chi connectivity index (χ0) is 17.7. The molecule has 1 saturated heterocycles. The van der Waals surface area contributed by atoms with E-state index in [1.807, 2.05) is 12.3 Å². The molecule has 0 atom stereocenters. The van der Waals surface area contributed by atoms with Gasteiger partial charge >= 0.3 is 0 Å². The van der Waals surface area contributed by atoms with Crippen molar-refractivity contribution in [2.75, 3.05) is 31.2 Å². The normalized spacial score (nSPS) is 15.2. The molecule has 4 aromatic rings. The van der Waals surface area contributed by atoms with Crippen molar-refractivity contribution in [3.8, 4) is 11.1 Å². The van der Waals surface area contributed by atoms with Crippen LogP contribution in [-0.4, -0.2) is 46.5 Å². The number of nitrogens with zero attached hydrogens (tertiary/aromatic N) is 2. The summed E-state index contributed by atoms with van der Waals surface area (Å²) in [5.74, 6) is 0.826. The summed E-state index contributed by atoms with van der Waals surface area (Å²) in [4.78, 5) is 21.3. The number of halogens is 1. The molecular weight excluding hydrogens is 398 g/mol. The van der Waals surface area contributed by atoms with E-state index in [4.69, 9.17) is 4.74 Å². The average molecular weight is 414 g/mol. The highest BCUT2D eigenvalue weighted by molar-refractivity contribution is 9.10. The van der Waals surface area contributed by atoms with Crippen LogP contribution in [0.15, 0.2) is 39.9 Å². The SMILES string of the molecule is O=c1cc(N2CCOCC2)[nH]c2c(-c3cc4cn[nH]c4cc3Br)c[nH]c12. The molecule has 0 amide bonds.